The molecule has 36 heavy (non-hydrogen) atoms. The molecule has 2 heterocycles. The highest BCUT2D eigenvalue weighted by Crippen LogP contribution is 2.37. The Morgan fingerprint density at radius 1 is 0.972 bits per heavy atom. The van der Waals surface area contributed by atoms with Crippen molar-refractivity contribution in [2.24, 2.45) is 5.41 Å². The minimum absolute atomic E-state index is 0.145. The predicted molar refractivity (Wildman–Crippen MR) is 143 cm³/mol. The molecule has 2 amide bonds. The van der Waals surface area contributed by atoms with Crippen molar-refractivity contribution < 1.29 is 14.3 Å². The van der Waals surface area contributed by atoms with E-state index >= 15 is 0 Å². The standard InChI is InChI=1S/C29H38ClN3O3/c1-3-26(23-8-5-4-6-9-23)28(35)33-15-7-14-29(21-33,22-36-25-12-10-24(30)11-13-25)20-27(34)32-18-16-31(2)17-19-32/h4-6,8-13,26H,3,7,14-22H2,1-2H3. The van der Waals surface area contributed by atoms with Crippen molar-refractivity contribution in [2.75, 3.05) is 52.9 Å². The van der Waals surface area contributed by atoms with Gasteiger partial charge in [-0.25, -0.2) is 0 Å². The van der Waals surface area contributed by atoms with Crippen LogP contribution in [0, 0.1) is 5.41 Å². The van der Waals surface area contributed by atoms with Crippen molar-refractivity contribution in [2.45, 2.75) is 38.5 Å². The number of benzene rings is 2. The normalized spacial score (nSPS) is 21.8. The van der Waals surface area contributed by atoms with Gasteiger partial charge in [-0.3, -0.25) is 9.59 Å². The summed E-state index contributed by atoms with van der Waals surface area (Å²) in [7, 11) is 2.09. The van der Waals surface area contributed by atoms with Gasteiger partial charge in [0.05, 0.1) is 12.5 Å². The van der Waals surface area contributed by atoms with Crippen LogP contribution < -0.4 is 4.74 Å². The number of amides is 2. The maximum absolute atomic E-state index is 13.7. The second-order valence-electron chi connectivity index (χ2n) is 10.3. The van der Waals surface area contributed by atoms with Gasteiger partial charge in [-0.1, -0.05) is 48.9 Å². The van der Waals surface area contributed by atoms with E-state index in [-0.39, 0.29) is 17.7 Å². The second kappa shape index (κ2) is 12.1. The number of nitrogens with zero attached hydrogens (tertiary/aromatic N) is 3. The zero-order chi connectivity index (χ0) is 25.5. The first-order valence-electron chi connectivity index (χ1n) is 13.1. The van der Waals surface area contributed by atoms with Crippen LogP contribution in [0.4, 0.5) is 0 Å². The number of hydrogen-bond donors (Lipinski definition) is 0. The Hall–Kier alpha value is -2.57. The Balaban J connectivity index is 1.52. The quantitative estimate of drug-likeness (QED) is 0.516. The third-order valence-electron chi connectivity index (χ3n) is 7.62. The van der Waals surface area contributed by atoms with Gasteiger partial charge < -0.3 is 19.4 Å². The summed E-state index contributed by atoms with van der Waals surface area (Å²) in [6, 6.07) is 17.3. The van der Waals surface area contributed by atoms with Crippen molar-refractivity contribution in [3.8, 4) is 5.75 Å². The summed E-state index contributed by atoms with van der Waals surface area (Å²) < 4.78 is 6.23. The van der Waals surface area contributed by atoms with E-state index in [1.807, 2.05) is 52.3 Å². The minimum atomic E-state index is -0.428. The SMILES string of the molecule is CCC(C(=O)N1CCCC(COc2ccc(Cl)cc2)(CC(=O)N2CCN(C)CC2)C1)c1ccccc1. The van der Waals surface area contributed by atoms with Crippen molar-refractivity contribution in [3.63, 3.8) is 0 Å². The molecule has 0 spiro atoms. The van der Waals surface area contributed by atoms with Gasteiger partial charge in [-0.15, -0.1) is 0 Å². The molecule has 2 aromatic rings. The van der Waals surface area contributed by atoms with Gasteiger partial charge >= 0.3 is 0 Å². The summed E-state index contributed by atoms with van der Waals surface area (Å²) in [6.07, 6.45) is 2.84. The summed E-state index contributed by atoms with van der Waals surface area (Å²) in [5, 5.41) is 0.656. The van der Waals surface area contributed by atoms with Crippen LogP contribution >= 0.6 is 11.6 Å². The van der Waals surface area contributed by atoms with Crippen molar-refractivity contribution in [1.82, 2.24) is 14.7 Å². The van der Waals surface area contributed by atoms with E-state index in [0.29, 0.717) is 31.1 Å². The summed E-state index contributed by atoms with van der Waals surface area (Å²) in [6.45, 7) is 6.97. The van der Waals surface area contributed by atoms with Crippen LogP contribution in [0.15, 0.2) is 54.6 Å². The predicted octanol–water partition coefficient (Wildman–Crippen LogP) is 4.69. The van der Waals surface area contributed by atoms with Crippen LogP contribution in [0.25, 0.3) is 0 Å². The molecule has 2 aliphatic rings. The van der Waals surface area contributed by atoms with Crippen molar-refractivity contribution >= 4 is 23.4 Å². The van der Waals surface area contributed by atoms with Crippen molar-refractivity contribution in [1.29, 1.82) is 0 Å². The zero-order valence-corrected chi connectivity index (χ0v) is 22.3. The number of halogens is 1. The van der Waals surface area contributed by atoms with Gasteiger partial charge in [0.2, 0.25) is 11.8 Å². The molecule has 0 saturated carbocycles. The molecule has 7 heteroatoms. The number of rotatable bonds is 8. The molecular formula is C29H38ClN3O3. The molecular weight excluding hydrogens is 474 g/mol. The third-order valence-corrected chi connectivity index (χ3v) is 7.87. The van der Waals surface area contributed by atoms with E-state index in [4.69, 9.17) is 16.3 Å². The third kappa shape index (κ3) is 6.60. The summed E-state index contributed by atoms with van der Waals surface area (Å²) in [4.78, 5) is 33.4. The lowest BCUT2D eigenvalue weighted by Crippen LogP contribution is -2.53. The first-order chi connectivity index (χ1) is 17.4. The van der Waals surface area contributed by atoms with Crippen LogP contribution in [0.1, 0.15) is 44.1 Å². The van der Waals surface area contributed by atoms with Crippen LogP contribution in [-0.4, -0.2) is 79.4 Å². The Morgan fingerprint density at radius 3 is 2.33 bits per heavy atom. The lowest BCUT2D eigenvalue weighted by molar-refractivity contribution is -0.143. The summed E-state index contributed by atoms with van der Waals surface area (Å²) in [5.74, 6) is 0.857. The molecule has 4 rings (SSSR count). The fraction of sp³-hybridized carbons (Fsp3) is 0.517. The lowest BCUT2D eigenvalue weighted by Gasteiger charge is -2.44. The average Bonchev–Trinajstić information content (AvgIpc) is 2.90. The van der Waals surface area contributed by atoms with Gasteiger partial charge in [0.1, 0.15) is 5.75 Å². The lowest BCUT2D eigenvalue weighted by atomic mass is 9.76. The minimum Gasteiger partial charge on any atom is -0.493 e. The molecule has 6 nitrogen and oxygen atoms in total. The van der Waals surface area contributed by atoms with Crippen LogP contribution in [0.3, 0.4) is 0 Å². The smallest absolute Gasteiger partial charge is 0.230 e. The summed E-state index contributed by atoms with van der Waals surface area (Å²) in [5.41, 5.74) is 0.621. The Labute approximate surface area is 220 Å². The van der Waals surface area contributed by atoms with Crippen LogP contribution in [0.2, 0.25) is 5.02 Å². The van der Waals surface area contributed by atoms with E-state index in [0.717, 1.165) is 56.8 Å². The maximum atomic E-state index is 13.7. The maximum Gasteiger partial charge on any atom is 0.230 e. The fourth-order valence-electron chi connectivity index (χ4n) is 5.42. The van der Waals surface area contributed by atoms with Gasteiger partial charge in [-0.2, -0.15) is 0 Å². The topological polar surface area (TPSA) is 53.1 Å². The number of piperazine rings is 1. The van der Waals surface area contributed by atoms with Gasteiger partial charge in [-0.05, 0) is 56.1 Å². The zero-order valence-electron chi connectivity index (χ0n) is 21.5. The highest BCUT2D eigenvalue weighted by atomic mass is 35.5. The molecule has 2 unspecified atom stereocenters. The first-order valence-corrected chi connectivity index (χ1v) is 13.5. The summed E-state index contributed by atoms with van der Waals surface area (Å²) >= 11 is 6.05. The molecule has 0 radical (unpaired) electrons. The number of ether oxygens (including phenoxy) is 1. The molecule has 2 saturated heterocycles. The van der Waals surface area contributed by atoms with Gasteiger partial charge in [0.25, 0.3) is 0 Å². The second-order valence-corrected chi connectivity index (χ2v) is 10.8. The van der Waals surface area contributed by atoms with Gasteiger partial charge in [0, 0.05) is 56.1 Å². The molecule has 194 valence electrons. The van der Waals surface area contributed by atoms with Gasteiger partial charge in [0.15, 0.2) is 0 Å². The van der Waals surface area contributed by atoms with E-state index < -0.39 is 5.41 Å². The molecule has 0 aromatic heterocycles. The van der Waals surface area contributed by atoms with E-state index in [1.54, 1.807) is 12.1 Å². The number of hydrogen-bond acceptors (Lipinski definition) is 4. The fourth-order valence-corrected chi connectivity index (χ4v) is 5.55. The highest BCUT2D eigenvalue weighted by molar-refractivity contribution is 6.30. The Bertz CT molecular complexity index is 1010. The monoisotopic (exact) mass is 511 g/mol. The highest BCUT2D eigenvalue weighted by Gasteiger charge is 2.42. The first kappa shape index (κ1) is 26.5. The van der Waals surface area contributed by atoms with E-state index in [1.165, 1.54) is 0 Å². The van der Waals surface area contributed by atoms with E-state index in [2.05, 4.69) is 18.9 Å². The number of likely N-dealkylation sites (N-methyl/N-ethyl adjacent to an activating group) is 1. The molecule has 2 atom stereocenters. The number of piperidine rings is 1. The molecule has 0 aliphatic carbocycles. The Morgan fingerprint density at radius 2 is 1.67 bits per heavy atom. The average molecular weight is 512 g/mol. The largest absolute Gasteiger partial charge is 0.493 e. The van der Waals surface area contributed by atoms with Crippen molar-refractivity contribution in [3.05, 3.63) is 65.2 Å². The molecule has 2 aliphatic heterocycles. The number of carbonyl (C=O) groups is 2. The van der Waals surface area contributed by atoms with E-state index in [9.17, 15) is 9.59 Å². The number of likely N-dealkylation sites (tertiary alicyclic amines) is 1. The molecule has 0 bridgehead atoms. The number of carbonyl (C=O) groups excluding carboxylic acids is 2. The van der Waals surface area contributed by atoms with Crippen LogP contribution in [-0.2, 0) is 9.59 Å². The van der Waals surface area contributed by atoms with Crippen LogP contribution in [0.5, 0.6) is 5.75 Å². The molecule has 2 fully saturated rings. The molecule has 2 aromatic carbocycles. The molecule has 0 N–H and O–H groups in total. The Kier molecular flexibility index (Phi) is 8.91.